The van der Waals surface area contributed by atoms with Gasteiger partial charge in [0, 0.05) is 13.2 Å². The number of aliphatic hydroxyl groups excluding tert-OH is 1. The quantitative estimate of drug-likeness (QED) is 0.407. The Morgan fingerprint density at radius 2 is 1.76 bits per heavy atom. The molecule has 0 radical (unpaired) electrons. The number of amides is 3. The molecule has 10 nitrogen and oxygen atoms in total. The highest BCUT2D eigenvalue weighted by Gasteiger charge is 2.18. The summed E-state index contributed by atoms with van der Waals surface area (Å²) in [6.45, 7) is 0.853. The summed E-state index contributed by atoms with van der Waals surface area (Å²) in [7, 11) is 0. The van der Waals surface area contributed by atoms with Crippen LogP contribution in [0.15, 0.2) is 30.3 Å². The summed E-state index contributed by atoms with van der Waals surface area (Å²) < 4.78 is 9.72. The van der Waals surface area contributed by atoms with Gasteiger partial charge in [0.2, 0.25) is 11.8 Å². The summed E-state index contributed by atoms with van der Waals surface area (Å²) in [5, 5.41) is 13.7. The zero-order valence-electron chi connectivity index (χ0n) is 16.4. The number of hydrogen-bond donors (Lipinski definition) is 3. The van der Waals surface area contributed by atoms with Gasteiger partial charge in [-0.2, -0.15) is 0 Å². The Hall–Kier alpha value is -3.14. The minimum absolute atomic E-state index is 0.0609. The molecule has 10 heteroatoms. The van der Waals surface area contributed by atoms with Crippen LogP contribution >= 0.6 is 0 Å². The van der Waals surface area contributed by atoms with Crippen molar-refractivity contribution in [3.63, 3.8) is 0 Å². The lowest BCUT2D eigenvalue weighted by Gasteiger charge is -2.22. The van der Waals surface area contributed by atoms with E-state index < -0.39 is 23.9 Å². The van der Waals surface area contributed by atoms with Crippen molar-refractivity contribution < 1.29 is 33.8 Å². The Kier molecular flexibility index (Phi) is 11.5. The molecule has 0 aromatic heterocycles. The monoisotopic (exact) mass is 409 g/mol. The third-order valence-corrected chi connectivity index (χ3v) is 3.61. The molecule has 0 aliphatic rings. The summed E-state index contributed by atoms with van der Waals surface area (Å²) in [5.74, 6) is -1.67. The Bertz CT molecular complexity index is 667. The minimum atomic E-state index is -0.768. The van der Waals surface area contributed by atoms with Crippen LogP contribution in [-0.4, -0.2) is 73.3 Å². The average Bonchev–Trinajstić information content (AvgIpc) is 2.73. The first-order valence-corrected chi connectivity index (χ1v) is 9.21. The predicted molar refractivity (Wildman–Crippen MR) is 103 cm³/mol. The van der Waals surface area contributed by atoms with Crippen molar-refractivity contribution in [3.05, 3.63) is 35.9 Å². The van der Waals surface area contributed by atoms with Crippen molar-refractivity contribution in [2.24, 2.45) is 0 Å². The molecule has 0 spiro atoms. The van der Waals surface area contributed by atoms with Crippen molar-refractivity contribution in [1.29, 1.82) is 0 Å². The maximum atomic E-state index is 12.3. The predicted octanol–water partition coefficient (Wildman–Crippen LogP) is -0.197. The molecule has 0 unspecified atom stereocenters. The number of benzene rings is 1. The number of carbonyl (C=O) groups is 4. The van der Waals surface area contributed by atoms with Gasteiger partial charge in [0.1, 0.15) is 19.7 Å². The van der Waals surface area contributed by atoms with Crippen molar-refractivity contribution in [2.75, 3.05) is 39.4 Å². The highest BCUT2D eigenvalue weighted by molar-refractivity contribution is 5.88. The number of nitrogens with one attached hydrogen (secondary N) is 2. The summed E-state index contributed by atoms with van der Waals surface area (Å²) >= 11 is 0. The number of esters is 1. The largest absolute Gasteiger partial charge is 0.465 e. The van der Waals surface area contributed by atoms with Crippen LogP contribution in [0.4, 0.5) is 4.79 Å². The molecule has 0 saturated carbocycles. The van der Waals surface area contributed by atoms with Gasteiger partial charge in [0.05, 0.1) is 13.2 Å². The number of nitrogens with zero attached hydrogens (tertiary/aromatic N) is 1. The van der Waals surface area contributed by atoms with Crippen LogP contribution in [0.3, 0.4) is 0 Å². The van der Waals surface area contributed by atoms with Gasteiger partial charge in [-0.05, 0) is 18.9 Å². The molecule has 3 N–H and O–H groups in total. The number of rotatable bonds is 12. The molecular weight excluding hydrogens is 382 g/mol. The molecule has 0 bridgehead atoms. The van der Waals surface area contributed by atoms with Gasteiger partial charge in [-0.3, -0.25) is 14.4 Å². The Balaban J connectivity index is 2.43. The summed E-state index contributed by atoms with van der Waals surface area (Å²) in [4.78, 5) is 48.4. The molecule has 1 aromatic rings. The third-order valence-electron chi connectivity index (χ3n) is 3.61. The van der Waals surface area contributed by atoms with E-state index in [1.165, 1.54) is 4.90 Å². The zero-order valence-corrected chi connectivity index (χ0v) is 16.4. The maximum absolute atomic E-state index is 12.3. The van der Waals surface area contributed by atoms with Crippen LogP contribution in [0.5, 0.6) is 0 Å². The Labute approximate surface area is 169 Å². The molecule has 1 aromatic carbocycles. The van der Waals surface area contributed by atoms with E-state index in [9.17, 15) is 19.2 Å². The smallest absolute Gasteiger partial charge is 0.407 e. The molecule has 0 atom stereocenters. The van der Waals surface area contributed by atoms with Crippen LogP contribution < -0.4 is 10.6 Å². The van der Waals surface area contributed by atoms with Crippen LogP contribution in [0.2, 0.25) is 0 Å². The second-order valence-corrected chi connectivity index (χ2v) is 5.89. The molecule has 0 heterocycles. The highest BCUT2D eigenvalue weighted by atomic mass is 16.5. The lowest BCUT2D eigenvalue weighted by molar-refractivity contribution is -0.143. The fourth-order valence-electron chi connectivity index (χ4n) is 2.20. The van der Waals surface area contributed by atoms with Gasteiger partial charge >= 0.3 is 12.1 Å². The van der Waals surface area contributed by atoms with Crippen molar-refractivity contribution >= 4 is 23.9 Å². The van der Waals surface area contributed by atoms with Crippen molar-refractivity contribution in [3.8, 4) is 0 Å². The van der Waals surface area contributed by atoms with E-state index in [1.807, 2.05) is 18.2 Å². The lowest BCUT2D eigenvalue weighted by Crippen LogP contribution is -2.46. The number of ether oxygens (including phenoxy) is 2. The zero-order chi connectivity index (χ0) is 21.5. The van der Waals surface area contributed by atoms with Gasteiger partial charge in [0.15, 0.2) is 0 Å². The van der Waals surface area contributed by atoms with Gasteiger partial charge in [-0.1, -0.05) is 30.3 Å². The second-order valence-electron chi connectivity index (χ2n) is 5.89. The van der Waals surface area contributed by atoms with Gasteiger partial charge in [-0.15, -0.1) is 0 Å². The minimum Gasteiger partial charge on any atom is -0.465 e. The first-order valence-electron chi connectivity index (χ1n) is 9.21. The number of carbonyl (C=O) groups excluding carboxylic acids is 4. The van der Waals surface area contributed by atoms with E-state index in [0.29, 0.717) is 0 Å². The standard InChI is InChI=1S/C19H27N3O7/c1-2-28-18(26)12-20-16(24)13-22(9-6-10-23)17(25)11-21-19(27)29-14-15-7-4-3-5-8-15/h3-5,7-8,23H,2,6,9-14H2,1H3,(H,20,24)(H,21,27). The highest BCUT2D eigenvalue weighted by Crippen LogP contribution is 2.00. The first kappa shape index (κ1) is 23.9. The third kappa shape index (κ3) is 10.7. The molecule has 1 rings (SSSR count). The molecular formula is C19H27N3O7. The number of aliphatic hydroxyl groups is 1. The molecule has 29 heavy (non-hydrogen) atoms. The van der Waals surface area contributed by atoms with E-state index in [0.717, 1.165) is 5.56 Å². The Morgan fingerprint density at radius 3 is 2.41 bits per heavy atom. The van der Waals surface area contributed by atoms with E-state index in [-0.39, 0.29) is 52.4 Å². The van der Waals surface area contributed by atoms with Gasteiger partial charge in [0.25, 0.3) is 0 Å². The molecule has 0 aliphatic heterocycles. The topological polar surface area (TPSA) is 134 Å². The average molecular weight is 409 g/mol. The number of hydrogen-bond acceptors (Lipinski definition) is 7. The van der Waals surface area contributed by atoms with Crippen molar-refractivity contribution in [1.82, 2.24) is 15.5 Å². The second kappa shape index (κ2) is 13.9. The SMILES string of the molecule is CCOC(=O)CNC(=O)CN(CCCO)C(=O)CNC(=O)OCc1ccccc1. The molecule has 0 aliphatic carbocycles. The lowest BCUT2D eigenvalue weighted by atomic mass is 10.2. The maximum Gasteiger partial charge on any atom is 0.407 e. The van der Waals surface area contributed by atoms with Crippen LogP contribution in [0.1, 0.15) is 18.9 Å². The first-order chi connectivity index (χ1) is 14.0. The fourth-order valence-corrected chi connectivity index (χ4v) is 2.20. The van der Waals surface area contributed by atoms with E-state index in [1.54, 1.807) is 19.1 Å². The van der Waals surface area contributed by atoms with Gasteiger partial charge in [-0.25, -0.2) is 4.79 Å². The van der Waals surface area contributed by atoms with E-state index in [2.05, 4.69) is 10.6 Å². The normalized spacial score (nSPS) is 10.0. The van der Waals surface area contributed by atoms with Crippen LogP contribution in [0, 0.1) is 0 Å². The van der Waals surface area contributed by atoms with Crippen LogP contribution in [0.25, 0.3) is 0 Å². The summed E-state index contributed by atoms with van der Waals surface area (Å²) in [5.41, 5.74) is 0.803. The van der Waals surface area contributed by atoms with E-state index >= 15 is 0 Å². The fraction of sp³-hybridized carbons (Fsp3) is 0.474. The molecule has 0 saturated heterocycles. The molecule has 0 fully saturated rings. The Morgan fingerprint density at radius 1 is 1.03 bits per heavy atom. The van der Waals surface area contributed by atoms with Crippen molar-refractivity contribution in [2.45, 2.75) is 20.0 Å². The summed E-state index contributed by atoms with van der Waals surface area (Å²) in [6.07, 6.45) is -0.508. The molecule has 160 valence electrons. The van der Waals surface area contributed by atoms with Gasteiger partial charge < -0.3 is 30.1 Å². The molecule has 3 amide bonds. The van der Waals surface area contributed by atoms with E-state index in [4.69, 9.17) is 14.6 Å². The number of alkyl carbamates (subject to hydrolysis) is 1. The summed E-state index contributed by atoms with van der Waals surface area (Å²) in [6, 6.07) is 9.05. The van der Waals surface area contributed by atoms with Crippen LogP contribution in [-0.2, 0) is 30.5 Å².